The Balaban J connectivity index is 2.08. The van der Waals surface area contributed by atoms with E-state index in [0.29, 0.717) is 19.4 Å². The van der Waals surface area contributed by atoms with E-state index in [2.05, 4.69) is 46.0 Å². The van der Waals surface area contributed by atoms with Crippen LogP contribution >= 0.6 is 0 Å². The summed E-state index contributed by atoms with van der Waals surface area (Å²) in [5.41, 5.74) is 6.94. The lowest BCUT2D eigenvalue weighted by Crippen LogP contribution is -2.43. The average Bonchev–Trinajstić information content (AvgIpc) is 2.52. The molecule has 0 saturated heterocycles. The number of hydrogen-bond donors (Lipinski definition) is 1. The molecule has 0 radical (unpaired) electrons. The van der Waals surface area contributed by atoms with Gasteiger partial charge < -0.3 is 14.9 Å². The molecule has 0 heterocycles. The third-order valence-corrected chi connectivity index (χ3v) is 10.1. The smallest absolute Gasteiger partial charge is 0.193 e. The summed E-state index contributed by atoms with van der Waals surface area (Å²) in [7, 11) is -1.96. The zero-order valence-corrected chi connectivity index (χ0v) is 17.3. The third kappa shape index (κ3) is 5.61. The third-order valence-electron chi connectivity index (χ3n) is 5.63. The molecule has 1 aromatic rings. The molecule has 1 aliphatic rings. The minimum atomic E-state index is -1.96. The lowest BCUT2D eigenvalue weighted by molar-refractivity contribution is -0.0584. The molecule has 1 aliphatic carbocycles. The van der Waals surface area contributed by atoms with E-state index in [-0.39, 0.29) is 23.3 Å². The van der Waals surface area contributed by atoms with Gasteiger partial charge in [0.25, 0.3) is 0 Å². The maximum absolute atomic E-state index is 14.2. The molecule has 2 N–H and O–H groups in total. The van der Waals surface area contributed by atoms with E-state index in [1.54, 1.807) is 0 Å². The fourth-order valence-electron chi connectivity index (χ4n) is 2.92. The van der Waals surface area contributed by atoms with Gasteiger partial charge in [0.2, 0.25) is 0 Å². The first-order chi connectivity index (χ1) is 11.6. The zero-order valence-electron chi connectivity index (χ0n) is 16.3. The molecule has 142 valence electrons. The second-order valence-corrected chi connectivity index (χ2v) is 13.5. The minimum Gasteiger partial charge on any atom is -0.408 e. The Morgan fingerprint density at radius 1 is 1.20 bits per heavy atom. The van der Waals surface area contributed by atoms with E-state index in [1.165, 1.54) is 0 Å². The highest BCUT2D eigenvalue weighted by molar-refractivity contribution is 6.74. The number of hydrogen-bond acceptors (Lipinski definition) is 3. The lowest BCUT2D eigenvalue weighted by atomic mass is 9.92. The van der Waals surface area contributed by atoms with Crippen molar-refractivity contribution >= 4 is 8.32 Å². The topological polar surface area (TPSA) is 44.5 Å². The molecule has 0 aromatic heterocycles. The van der Waals surface area contributed by atoms with Crippen LogP contribution in [0.25, 0.3) is 0 Å². The molecule has 0 amide bonds. The molecule has 3 nitrogen and oxygen atoms in total. The van der Waals surface area contributed by atoms with Crippen molar-refractivity contribution in [2.45, 2.75) is 82.6 Å². The Morgan fingerprint density at radius 2 is 1.84 bits per heavy atom. The van der Waals surface area contributed by atoms with Crippen molar-refractivity contribution in [1.29, 1.82) is 0 Å². The summed E-state index contributed by atoms with van der Waals surface area (Å²) in [6.07, 6.45) is 0.393. The first kappa shape index (κ1) is 20.6. The molecule has 1 saturated carbocycles. The van der Waals surface area contributed by atoms with Gasteiger partial charge in [-0.2, -0.15) is 0 Å². The van der Waals surface area contributed by atoms with Gasteiger partial charge in [0, 0.05) is 6.04 Å². The van der Waals surface area contributed by atoms with Crippen LogP contribution in [0.4, 0.5) is 4.39 Å². The minimum absolute atomic E-state index is 0.0387. The van der Waals surface area contributed by atoms with E-state index < -0.39 is 14.5 Å². The number of alkyl halides is 1. The van der Waals surface area contributed by atoms with Crippen molar-refractivity contribution in [3.8, 4) is 0 Å². The normalized spacial score (nSPS) is 26.4. The first-order valence-corrected chi connectivity index (χ1v) is 12.2. The van der Waals surface area contributed by atoms with E-state index in [1.807, 2.05) is 18.2 Å². The molecular formula is C20H34FNO2Si. The Bertz CT molecular complexity index is 532. The molecule has 1 unspecified atom stereocenters. The van der Waals surface area contributed by atoms with Crippen molar-refractivity contribution in [3.63, 3.8) is 0 Å². The maximum atomic E-state index is 14.2. The average molecular weight is 368 g/mol. The summed E-state index contributed by atoms with van der Waals surface area (Å²) in [6.45, 7) is 11.5. The molecule has 4 atom stereocenters. The van der Waals surface area contributed by atoms with E-state index in [9.17, 15) is 4.39 Å². The predicted molar refractivity (Wildman–Crippen MR) is 104 cm³/mol. The summed E-state index contributed by atoms with van der Waals surface area (Å²) in [5, 5.41) is 0.111. The van der Waals surface area contributed by atoms with Gasteiger partial charge in [-0.1, -0.05) is 51.1 Å². The van der Waals surface area contributed by atoms with Gasteiger partial charge in [0.1, 0.15) is 6.17 Å². The fourth-order valence-corrected chi connectivity index (χ4v) is 4.18. The number of halogens is 1. The van der Waals surface area contributed by atoms with E-state index in [0.717, 1.165) is 12.0 Å². The second-order valence-electron chi connectivity index (χ2n) is 8.74. The van der Waals surface area contributed by atoms with Crippen LogP contribution in [0.5, 0.6) is 0 Å². The second kappa shape index (κ2) is 8.29. The number of benzene rings is 1. The molecule has 0 bridgehead atoms. The van der Waals surface area contributed by atoms with Crippen LogP contribution in [0.2, 0.25) is 18.1 Å². The summed E-state index contributed by atoms with van der Waals surface area (Å²) < 4.78 is 26.8. The van der Waals surface area contributed by atoms with Crippen LogP contribution < -0.4 is 5.73 Å². The van der Waals surface area contributed by atoms with Crippen molar-refractivity contribution in [2.24, 2.45) is 5.73 Å². The van der Waals surface area contributed by atoms with Crippen molar-refractivity contribution in [2.75, 3.05) is 6.61 Å². The molecular weight excluding hydrogens is 333 g/mol. The molecule has 25 heavy (non-hydrogen) atoms. The molecule has 0 spiro atoms. The highest BCUT2D eigenvalue weighted by Crippen LogP contribution is 2.40. The molecule has 2 rings (SSSR count). The SMILES string of the molecule is CC(C)(C)[Si](C)(C)OC(CO[C@H]1CC[C@H](N)C[C@@H]1F)c1ccccc1. The molecule has 1 fully saturated rings. The fraction of sp³-hybridized carbons (Fsp3) is 0.700. The highest BCUT2D eigenvalue weighted by Gasteiger charge is 2.40. The summed E-state index contributed by atoms with van der Waals surface area (Å²) in [5.74, 6) is 0. The van der Waals surface area contributed by atoms with Crippen LogP contribution in [-0.2, 0) is 9.16 Å². The van der Waals surface area contributed by atoms with Gasteiger partial charge in [-0.25, -0.2) is 4.39 Å². The monoisotopic (exact) mass is 367 g/mol. The Labute approximate surface area is 153 Å². The molecule has 1 aromatic carbocycles. The van der Waals surface area contributed by atoms with Crippen LogP contribution in [0.1, 0.15) is 51.7 Å². The Hall–Kier alpha value is -0.753. The maximum Gasteiger partial charge on any atom is 0.193 e. The van der Waals surface area contributed by atoms with Crippen LogP contribution in [0, 0.1) is 0 Å². The van der Waals surface area contributed by atoms with Crippen molar-refractivity contribution in [3.05, 3.63) is 35.9 Å². The van der Waals surface area contributed by atoms with E-state index >= 15 is 0 Å². The highest BCUT2D eigenvalue weighted by atomic mass is 28.4. The summed E-state index contributed by atoms with van der Waals surface area (Å²) in [4.78, 5) is 0. The number of rotatable bonds is 6. The standard InChI is InChI=1S/C20H34FNO2Si/c1-20(2,3)25(4,5)24-19(15-9-7-6-8-10-15)14-23-18-12-11-16(22)13-17(18)21/h6-10,16-19H,11-14,22H2,1-5H3/t16-,17-,18-,19?/m0/s1. The quantitative estimate of drug-likeness (QED) is 0.721. The van der Waals surface area contributed by atoms with Crippen LogP contribution in [0.3, 0.4) is 0 Å². The lowest BCUT2D eigenvalue weighted by Gasteiger charge is -2.40. The van der Waals surface area contributed by atoms with Gasteiger partial charge in [0.15, 0.2) is 8.32 Å². The van der Waals surface area contributed by atoms with Gasteiger partial charge in [0.05, 0.1) is 18.8 Å². The largest absolute Gasteiger partial charge is 0.408 e. The zero-order chi connectivity index (χ0) is 18.7. The summed E-state index contributed by atoms with van der Waals surface area (Å²) in [6, 6.07) is 10.1. The van der Waals surface area contributed by atoms with Gasteiger partial charge >= 0.3 is 0 Å². The van der Waals surface area contributed by atoms with Gasteiger partial charge in [-0.15, -0.1) is 0 Å². The van der Waals surface area contributed by atoms with Crippen molar-refractivity contribution < 1.29 is 13.6 Å². The van der Waals surface area contributed by atoms with Gasteiger partial charge in [-0.3, -0.25) is 0 Å². The van der Waals surface area contributed by atoms with Crippen molar-refractivity contribution in [1.82, 2.24) is 0 Å². The number of nitrogens with two attached hydrogens (primary N) is 1. The van der Waals surface area contributed by atoms with Gasteiger partial charge in [-0.05, 0) is 43.0 Å². The Kier molecular flexibility index (Phi) is 6.82. The van der Waals surface area contributed by atoms with E-state index in [4.69, 9.17) is 14.9 Å². The van der Waals surface area contributed by atoms with Crippen LogP contribution in [0.15, 0.2) is 30.3 Å². The Morgan fingerprint density at radius 3 is 2.40 bits per heavy atom. The number of ether oxygens (including phenoxy) is 1. The van der Waals surface area contributed by atoms with Crippen LogP contribution in [-0.4, -0.2) is 33.2 Å². The summed E-state index contributed by atoms with van der Waals surface area (Å²) >= 11 is 0. The first-order valence-electron chi connectivity index (χ1n) is 9.34. The predicted octanol–water partition coefficient (Wildman–Crippen LogP) is 4.98. The molecule has 5 heteroatoms. The molecule has 0 aliphatic heterocycles.